The Balaban J connectivity index is 1.24. The quantitative estimate of drug-likeness (QED) is 0.491. The number of nitrogens with zero attached hydrogens (tertiary/aromatic N) is 6. The van der Waals surface area contributed by atoms with Gasteiger partial charge in [0.2, 0.25) is 11.9 Å². The van der Waals surface area contributed by atoms with Crippen molar-refractivity contribution in [1.29, 1.82) is 0 Å². The SMILES string of the molecule is COC(C)C1C(=O)Nc2c(C)nc(NCc3cnn([C@H]4C[C@@H]4c4ccc(C(F)(F)F)nc4)c3)nc2N1C. The van der Waals surface area contributed by atoms with Gasteiger partial charge in [0.1, 0.15) is 17.4 Å². The van der Waals surface area contributed by atoms with E-state index in [1.54, 1.807) is 32.2 Å². The van der Waals surface area contributed by atoms with E-state index in [0.29, 0.717) is 29.7 Å². The van der Waals surface area contributed by atoms with E-state index in [-0.39, 0.29) is 24.0 Å². The van der Waals surface area contributed by atoms with Crippen LogP contribution in [0.2, 0.25) is 0 Å². The average molecular weight is 517 g/mol. The predicted molar refractivity (Wildman–Crippen MR) is 129 cm³/mol. The van der Waals surface area contributed by atoms with Crippen LogP contribution in [0, 0.1) is 6.92 Å². The molecule has 1 aliphatic carbocycles. The smallest absolute Gasteiger partial charge is 0.379 e. The molecule has 2 N–H and O–H groups in total. The highest BCUT2D eigenvalue weighted by Gasteiger charge is 2.42. The molecule has 10 nitrogen and oxygen atoms in total. The molecule has 0 bridgehead atoms. The molecule has 2 unspecified atom stereocenters. The van der Waals surface area contributed by atoms with Gasteiger partial charge >= 0.3 is 6.18 Å². The second-order valence-electron chi connectivity index (χ2n) is 9.38. The summed E-state index contributed by atoms with van der Waals surface area (Å²) in [7, 11) is 3.36. The van der Waals surface area contributed by atoms with Gasteiger partial charge in [0.15, 0.2) is 5.82 Å². The van der Waals surface area contributed by atoms with Crippen molar-refractivity contribution in [1.82, 2.24) is 24.7 Å². The maximum absolute atomic E-state index is 12.8. The van der Waals surface area contributed by atoms with Crippen LogP contribution in [0.4, 0.5) is 30.6 Å². The number of pyridine rings is 1. The van der Waals surface area contributed by atoms with E-state index in [4.69, 9.17) is 4.74 Å². The minimum atomic E-state index is -4.45. The number of alkyl halides is 3. The number of carbonyl (C=O) groups is 1. The minimum absolute atomic E-state index is 0.0755. The molecule has 13 heteroatoms. The van der Waals surface area contributed by atoms with Crippen LogP contribution in [0.15, 0.2) is 30.7 Å². The summed E-state index contributed by atoms with van der Waals surface area (Å²) in [6, 6.07) is 2.06. The fraction of sp³-hybridized carbons (Fsp3) is 0.458. The largest absolute Gasteiger partial charge is 0.433 e. The highest BCUT2D eigenvalue weighted by Crippen LogP contribution is 2.51. The van der Waals surface area contributed by atoms with Crippen LogP contribution in [0.5, 0.6) is 0 Å². The lowest BCUT2D eigenvalue weighted by atomic mass is 10.1. The zero-order chi connectivity index (χ0) is 26.5. The highest BCUT2D eigenvalue weighted by atomic mass is 19.4. The zero-order valence-electron chi connectivity index (χ0n) is 20.7. The van der Waals surface area contributed by atoms with Gasteiger partial charge in [-0.3, -0.25) is 14.5 Å². The van der Waals surface area contributed by atoms with Gasteiger partial charge in [-0.25, -0.2) is 4.98 Å². The molecule has 0 saturated heterocycles. The van der Waals surface area contributed by atoms with Crippen molar-refractivity contribution in [3.05, 3.63) is 53.2 Å². The van der Waals surface area contributed by atoms with Crippen LogP contribution in [0.25, 0.3) is 0 Å². The zero-order valence-corrected chi connectivity index (χ0v) is 20.7. The Hall–Kier alpha value is -3.74. The van der Waals surface area contributed by atoms with Crippen molar-refractivity contribution < 1.29 is 22.7 Å². The fourth-order valence-corrected chi connectivity index (χ4v) is 4.66. The van der Waals surface area contributed by atoms with Crippen LogP contribution in [0.1, 0.15) is 47.8 Å². The summed E-state index contributed by atoms with van der Waals surface area (Å²) in [5, 5.41) is 10.5. The van der Waals surface area contributed by atoms with Crippen molar-refractivity contribution in [2.45, 2.75) is 57.1 Å². The number of rotatable bonds is 7. The normalized spacial score (nSPS) is 21.9. The summed E-state index contributed by atoms with van der Waals surface area (Å²) in [6.07, 6.45) is 0.949. The molecule has 4 atom stereocenters. The maximum atomic E-state index is 12.8. The molecule has 5 rings (SSSR count). The summed E-state index contributed by atoms with van der Waals surface area (Å²) in [4.78, 5) is 27.0. The predicted octanol–water partition coefficient (Wildman–Crippen LogP) is 3.53. The van der Waals surface area contributed by atoms with Gasteiger partial charge in [-0.2, -0.15) is 23.3 Å². The first-order valence-corrected chi connectivity index (χ1v) is 11.8. The van der Waals surface area contributed by atoms with E-state index < -0.39 is 17.9 Å². The highest BCUT2D eigenvalue weighted by molar-refractivity contribution is 6.03. The van der Waals surface area contributed by atoms with Crippen LogP contribution in [-0.4, -0.2) is 56.9 Å². The number of aromatic nitrogens is 5. The van der Waals surface area contributed by atoms with E-state index in [0.717, 1.165) is 23.6 Å². The van der Waals surface area contributed by atoms with Gasteiger partial charge in [0.05, 0.1) is 24.0 Å². The van der Waals surface area contributed by atoms with Crippen molar-refractivity contribution in [3.8, 4) is 0 Å². The Kier molecular flexibility index (Phi) is 6.26. The third-order valence-corrected chi connectivity index (χ3v) is 6.86. The van der Waals surface area contributed by atoms with E-state index in [2.05, 4.69) is 30.7 Å². The number of fused-ring (bicyclic) bond motifs is 1. The molecule has 3 aromatic heterocycles. The van der Waals surface area contributed by atoms with Crippen molar-refractivity contribution in [2.75, 3.05) is 29.7 Å². The molecule has 1 fully saturated rings. The maximum Gasteiger partial charge on any atom is 0.433 e. The van der Waals surface area contributed by atoms with Crippen LogP contribution in [0.3, 0.4) is 0 Å². The second-order valence-corrected chi connectivity index (χ2v) is 9.38. The standard InChI is InChI=1S/C24H27F3N8O2/c1-12-19-21(34(3)20(13(2)37-4)22(36)32-19)33-23(31-12)29-8-14-9-30-35(11-14)17-7-16(17)15-5-6-18(28-10-15)24(25,26)27/h5-6,9-11,13,16-17,20H,7-8H2,1-4H3,(H,32,36)(H,29,31,33)/t13?,16-,17+,20?/m1/s1. The molecular formula is C24H27F3N8O2. The topological polar surface area (TPSA) is 110 Å². The third-order valence-electron chi connectivity index (χ3n) is 6.86. The van der Waals surface area contributed by atoms with Crippen LogP contribution < -0.4 is 15.5 Å². The summed E-state index contributed by atoms with van der Waals surface area (Å²) in [6.45, 7) is 4.06. The Bertz CT molecular complexity index is 1310. The van der Waals surface area contributed by atoms with Crippen molar-refractivity contribution in [2.24, 2.45) is 0 Å². The molecule has 1 aliphatic heterocycles. The van der Waals surface area contributed by atoms with E-state index in [1.807, 2.05) is 17.8 Å². The number of methoxy groups -OCH3 is 1. The first-order chi connectivity index (χ1) is 17.6. The van der Waals surface area contributed by atoms with Crippen LogP contribution in [-0.2, 0) is 22.3 Å². The van der Waals surface area contributed by atoms with Crippen molar-refractivity contribution in [3.63, 3.8) is 0 Å². The average Bonchev–Trinajstić information content (AvgIpc) is 3.52. The summed E-state index contributed by atoms with van der Waals surface area (Å²) in [5.41, 5.74) is 1.99. The summed E-state index contributed by atoms with van der Waals surface area (Å²) >= 11 is 0. The van der Waals surface area contributed by atoms with Gasteiger partial charge in [0, 0.05) is 44.6 Å². The number of hydrogen-bond donors (Lipinski definition) is 2. The van der Waals surface area contributed by atoms with Crippen molar-refractivity contribution >= 4 is 23.4 Å². The number of hydrogen-bond acceptors (Lipinski definition) is 8. The summed E-state index contributed by atoms with van der Waals surface area (Å²) < 4.78 is 45.5. The number of carbonyl (C=O) groups excluding carboxylic acids is 1. The molecular weight excluding hydrogens is 489 g/mol. The van der Waals surface area contributed by atoms with Crippen LogP contribution >= 0.6 is 0 Å². The molecule has 2 aliphatic rings. The van der Waals surface area contributed by atoms with E-state index >= 15 is 0 Å². The van der Waals surface area contributed by atoms with Gasteiger partial charge in [-0.1, -0.05) is 6.07 Å². The minimum Gasteiger partial charge on any atom is -0.379 e. The number of amides is 1. The molecule has 196 valence electrons. The third kappa shape index (κ3) is 4.82. The Morgan fingerprint density at radius 1 is 1.27 bits per heavy atom. The van der Waals surface area contributed by atoms with Gasteiger partial charge in [0.25, 0.3) is 0 Å². The first-order valence-electron chi connectivity index (χ1n) is 11.8. The van der Waals surface area contributed by atoms with E-state index in [9.17, 15) is 18.0 Å². The number of ether oxygens (including phenoxy) is 1. The molecule has 1 amide bonds. The second kappa shape index (κ2) is 9.29. The lowest BCUT2D eigenvalue weighted by Crippen LogP contribution is -2.53. The molecule has 4 heterocycles. The lowest BCUT2D eigenvalue weighted by molar-refractivity contribution is -0.141. The fourth-order valence-electron chi connectivity index (χ4n) is 4.66. The molecule has 37 heavy (non-hydrogen) atoms. The summed E-state index contributed by atoms with van der Waals surface area (Å²) in [5.74, 6) is 0.922. The number of likely N-dealkylation sites (N-methyl/N-ethyl adjacent to an activating group) is 1. The van der Waals surface area contributed by atoms with Gasteiger partial charge < -0.3 is 20.3 Å². The monoisotopic (exact) mass is 516 g/mol. The Morgan fingerprint density at radius 3 is 2.73 bits per heavy atom. The van der Waals surface area contributed by atoms with Gasteiger partial charge in [-0.05, 0) is 31.9 Å². The Labute approximate surface area is 211 Å². The molecule has 0 radical (unpaired) electrons. The first kappa shape index (κ1) is 24.9. The number of anilines is 3. The number of nitrogens with one attached hydrogen (secondary N) is 2. The number of halogens is 3. The van der Waals surface area contributed by atoms with Gasteiger partial charge in [-0.15, -0.1) is 0 Å². The Morgan fingerprint density at radius 2 is 2.05 bits per heavy atom. The molecule has 0 spiro atoms. The lowest BCUT2D eigenvalue weighted by Gasteiger charge is -2.37. The number of aryl methyl sites for hydroxylation is 1. The molecule has 1 saturated carbocycles. The van der Waals surface area contributed by atoms with E-state index in [1.165, 1.54) is 12.3 Å². The molecule has 3 aromatic rings. The molecule has 0 aromatic carbocycles.